The number of nitrogens with two attached hydrogens (primary N) is 1. The van der Waals surface area contributed by atoms with E-state index in [1.165, 1.54) is 0 Å². The first kappa shape index (κ1) is 21.6. The van der Waals surface area contributed by atoms with Crippen LogP contribution in [0.15, 0.2) is 54.1 Å². The van der Waals surface area contributed by atoms with Crippen LogP contribution in [0.1, 0.15) is 18.1 Å². The van der Waals surface area contributed by atoms with Crippen molar-refractivity contribution in [3.63, 3.8) is 0 Å². The molecule has 0 radical (unpaired) electrons. The molecule has 29 heavy (non-hydrogen) atoms. The van der Waals surface area contributed by atoms with E-state index in [-0.39, 0.29) is 22.3 Å². The van der Waals surface area contributed by atoms with Gasteiger partial charge in [0.15, 0.2) is 0 Å². The lowest BCUT2D eigenvalue weighted by Gasteiger charge is -2.10. The summed E-state index contributed by atoms with van der Waals surface area (Å²) in [5.74, 6) is -0.278. The van der Waals surface area contributed by atoms with Crippen LogP contribution in [0.2, 0.25) is 5.02 Å². The van der Waals surface area contributed by atoms with Crippen molar-refractivity contribution >= 4 is 58.9 Å². The Kier molecular flexibility index (Phi) is 7.45. The van der Waals surface area contributed by atoms with Crippen LogP contribution in [0, 0.1) is 16.2 Å². The van der Waals surface area contributed by atoms with Crippen LogP contribution in [0.4, 0.5) is 17.1 Å². The number of carbonyl (C=O) groups is 1. The van der Waals surface area contributed by atoms with E-state index >= 15 is 0 Å². The molecule has 0 saturated heterocycles. The Labute approximate surface area is 173 Å². The molecule has 148 valence electrons. The Morgan fingerprint density at radius 3 is 2.59 bits per heavy atom. The number of rotatable bonds is 7. The number of nitrogen functional groups attached to an aromatic ring is 1. The van der Waals surface area contributed by atoms with Gasteiger partial charge in [-0.25, -0.2) is 0 Å². The standard InChI is InChI=1S/C21H21ClN6O/c1-2-14(11-23)21(29)27-15-5-3-4-13(10-15)6-9-19(26)28-18-8-7-17(25)16(12-24)20(18)22/h2-12,23-24H,25H2,1H3,(H2,26,28)(H,27,29)/b9-6+,14-2+,23-11?,24-12?. The van der Waals surface area contributed by atoms with Gasteiger partial charge in [-0.3, -0.25) is 10.2 Å². The van der Waals surface area contributed by atoms with Gasteiger partial charge in [0.05, 0.1) is 16.3 Å². The van der Waals surface area contributed by atoms with E-state index in [0.717, 1.165) is 18.0 Å². The molecule has 0 aliphatic carbocycles. The van der Waals surface area contributed by atoms with E-state index in [9.17, 15) is 4.79 Å². The van der Waals surface area contributed by atoms with Gasteiger partial charge in [0.2, 0.25) is 0 Å². The number of anilines is 3. The Bertz CT molecular complexity index is 1030. The quantitative estimate of drug-likeness (QED) is 0.173. The number of amides is 1. The Hall–Kier alpha value is -3.71. The molecule has 0 aliphatic rings. The summed E-state index contributed by atoms with van der Waals surface area (Å²) in [7, 11) is 0. The van der Waals surface area contributed by atoms with Gasteiger partial charge in [-0.15, -0.1) is 0 Å². The number of allylic oxidation sites excluding steroid dienone is 1. The first-order valence-corrected chi connectivity index (χ1v) is 8.97. The Balaban J connectivity index is 2.10. The van der Waals surface area contributed by atoms with Gasteiger partial charge in [-0.2, -0.15) is 0 Å². The monoisotopic (exact) mass is 408 g/mol. The normalized spacial score (nSPS) is 11.2. The largest absolute Gasteiger partial charge is 0.398 e. The third-order valence-electron chi connectivity index (χ3n) is 3.94. The van der Waals surface area contributed by atoms with Crippen molar-refractivity contribution in [2.45, 2.75) is 6.92 Å². The number of benzene rings is 2. The fourth-order valence-electron chi connectivity index (χ4n) is 2.42. The highest BCUT2D eigenvalue weighted by Gasteiger charge is 2.09. The lowest BCUT2D eigenvalue weighted by atomic mass is 10.1. The van der Waals surface area contributed by atoms with Gasteiger partial charge in [-0.1, -0.05) is 35.9 Å². The van der Waals surface area contributed by atoms with Crippen LogP contribution in [0.5, 0.6) is 0 Å². The van der Waals surface area contributed by atoms with Crippen LogP contribution < -0.4 is 16.4 Å². The Morgan fingerprint density at radius 1 is 1.17 bits per heavy atom. The van der Waals surface area contributed by atoms with E-state index in [0.29, 0.717) is 22.6 Å². The molecule has 0 fully saturated rings. The summed E-state index contributed by atoms with van der Waals surface area (Å²) >= 11 is 6.22. The maximum absolute atomic E-state index is 12.0. The second-order valence-electron chi connectivity index (χ2n) is 5.91. The summed E-state index contributed by atoms with van der Waals surface area (Å²) in [6.07, 6.45) is 6.89. The second kappa shape index (κ2) is 10.0. The highest BCUT2D eigenvalue weighted by Crippen LogP contribution is 2.29. The van der Waals surface area contributed by atoms with Crippen molar-refractivity contribution in [3.05, 3.63) is 70.3 Å². The number of halogens is 1. The molecule has 2 aromatic carbocycles. The fraction of sp³-hybridized carbons (Fsp3) is 0.0476. The van der Waals surface area contributed by atoms with Crippen molar-refractivity contribution in [2.75, 3.05) is 16.4 Å². The summed E-state index contributed by atoms with van der Waals surface area (Å²) < 4.78 is 0. The summed E-state index contributed by atoms with van der Waals surface area (Å²) in [6, 6.07) is 10.4. The van der Waals surface area contributed by atoms with Crippen LogP contribution in [0.25, 0.3) is 6.08 Å². The zero-order valence-corrected chi connectivity index (χ0v) is 16.5. The number of carbonyl (C=O) groups excluding carboxylic acids is 1. The zero-order valence-electron chi connectivity index (χ0n) is 15.7. The molecule has 0 unspecified atom stereocenters. The van der Waals surface area contributed by atoms with E-state index in [1.807, 2.05) is 6.07 Å². The second-order valence-corrected chi connectivity index (χ2v) is 6.29. The summed E-state index contributed by atoms with van der Waals surface area (Å²) in [6.45, 7) is 1.69. The molecule has 0 bridgehead atoms. The Morgan fingerprint density at radius 2 is 1.93 bits per heavy atom. The molecule has 0 saturated carbocycles. The van der Waals surface area contributed by atoms with Gasteiger partial charge in [0.1, 0.15) is 5.84 Å². The van der Waals surface area contributed by atoms with Crippen LogP contribution in [-0.2, 0) is 4.79 Å². The topological polar surface area (TPSA) is 139 Å². The van der Waals surface area contributed by atoms with E-state index < -0.39 is 0 Å². The molecule has 0 aliphatic heterocycles. The maximum Gasteiger partial charge on any atom is 0.256 e. The van der Waals surface area contributed by atoms with Crippen LogP contribution in [-0.4, -0.2) is 24.2 Å². The van der Waals surface area contributed by atoms with E-state index in [4.69, 9.17) is 33.6 Å². The van der Waals surface area contributed by atoms with Gasteiger partial charge >= 0.3 is 0 Å². The third-order valence-corrected chi connectivity index (χ3v) is 4.35. The van der Waals surface area contributed by atoms with Crippen molar-refractivity contribution in [1.82, 2.24) is 0 Å². The van der Waals surface area contributed by atoms with Gasteiger partial charge in [-0.05, 0) is 42.8 Å². The molecule has 2 aromatic rings. The van der Waals surface area contributed by atoms with Crippen molar-refractivity contribution in [3.8, 4) is 0 Å². The molecular weight excluding hydrogens is 388 g/mol. The van der Waals surface area contributed by atoms with Gasteiger partial charge in [0.25, 0.3) is 5.91 Å². The minimum absolute atomic E-state index is 0.0852. The molecule has 7 nitrogen and oxygen atoms in total. The van der Waals surface area contributed by atoms with E-state index in [1.54, 1.807) is 55.5 Å². The summed E-state index contributed by atoms with van der Waals surface area (Å²) in [5, 5.41) is 28.6. The molecule has 0 atom stereocenters. The molecule has 2 rings (SSSR count). The highest BCUT2D eigenvalue weighted by atomic mass is 35.5. The number of hydrogen-bond donors (Lipinski definition) is 6. The predicted molar refractivity (Wildman–Crippen MR) is 122 cm³/mol. The van der Waals surface area contributed by atoms with E-state index in [2.05, 4.69) is 10.6 Å². The lowest BCUT2D eigenvalue weighted by Crippen LogP contribution is -2.14. The molecule has 0 spiro atoms. The van der Waals surface area contributed by atoms with Gasteiger partial charge < -0.3 is 27.2 Å². The summed E-state index contributed by atoms with van der Waals surface area (Å²) in [4.78, 5) is 12.0. The molecule has 0 aromatic heterocycles. The average Bonchev–Trinajstić information content (AvgIpc) is 2.70. The molecule has 1 amide bonds. The smallest absolute Gasteiger partial charge is 0.256 e. The first-order valence-electron chi connectivity index (χ1n) is 8.60. The molecule has 7 N–H and O–H groups in total. The number of amidine groups is 1. The molecule has 0 heterocycles. The first-order chi connectivity index (χ1) is 13.9. The zero-order chi connectivity index (χ0) is 21.4. The highest BCUT2D eigenvalue weighted by molar-refractivity contribution is 6.37. The average molecular weight is 409 g/mol. The SMILES string of the molecule is C/C=C(\C=N)C(=O)Nc1cccc(/C=C/C(=N)Nc2ccc(N)c(C=N)c2Cl)c1. The minimum atomic E-state index is -0.363. The fourth-order valence-corrected chi connectivity index (χ4v) is 2.69. The maximum atomic E-state index is 12.0. The lowest BCUT2D eigenvalue weighted by molar-refractivity contribution is -0.112. The number of nitrogens with one attached hydrogen (secondary N) is 5. The predicted octanol–water partition coefficient (Wildman–Crippen LogP) is 4.56. The number of hydrogen-bond acceptors (Lipinski definition) is 5. The van der Waals surface area contributed by atoms with Crippen molar-refractivity contribution in [1.29, 1.82) is 16.2 Å². The van der Waals surface area contributed by atoms with Crippen LogP contribution >= 0.6 is 11.6 Å². The molecule has 8 heteroatoms. The van der Waals surface area contributed by atoms with Gasteiger partial charge in [0, 0.05) is 29.4 Å². The minimum Gasteiger partial charge on any atom is -0.398 e. The van der Waals surface area contributed by atoms with Crippen molar-refractivity contribution in [2.24, 2.45) is 0 Å². The van der Waals surface area contributed by atoms with Crippen LogP contribution in [0.3, 0.4) is 0 Å². The molecular formula is C21H21ClN6O. The summed E-state index contributed by atoms with van der Waals surface area (Å²) in [5.41, 5.74) is 8.64. The van der Waals surface area contributed by atoms with Crippen molar-refractivity contribution < 1.29 is 4.79 Å². The third kappa shape index (κ3) is 5.63.